The van der Waals surface area contributed by atoms with Gasteiger partial charge in [-0.3, -0.25) is 0 Å². The number of nitrogens with one attached hydrogen (secondary N) is 1. The summed E-state index contributed by atoms with van der Waals surface area (Å²) < 4.78 is 63.1. The van der Waals surface area contributed by atoms with Gasteiger partial charge < -0.3 is 9.15 Å². The molecule has 0 bridgehead atoms. The smallest absolute Gasteiger partial charge is 0.299 e. The van der Waals surface area contributed by atoms with Crippen LogP contribution in [-0.2, 0) is 6.61 Å². The van der Waals surface area contributed by atoms with Crippen molar-refractivity contribution in [2.75, 3.05) is 0 Å². The van der Waals surface area contributed by atoms with Crippen molar-refractivity contribution in [3.8, 4) is 5.75 Å². The van der Waals surface area contributed by atoms with Crippen LogP contribution in [0.4, 0.5) is 17.6 Å². The minimum atomic E-state index is -2.86. The van der Waals surface area contributed by atoms with E-state index in [9.17, 15) is 17.6 Å². The molecule has 1 aromatic carbocycles. The molecule has 2 heterocycles. The molecule has 26 heavy (non-hydrogen) atoms. The Kier molecular flexibility index (Phi) is 5.16. The zero-order chi connectivity index (χ0) is 18.7. The molecule has 11 heteroatoms. The maximum atomic E-state index is 13.5. The molecule has 0 spiro atoms. The molecule has 0 unspecified atom stereocenters. The summed E-state index contributed by atoms with van der Waals surface area (Å²) in [7, 11) is 0. The Morgan fingerprint density at radius 2 is 2.12 bits per heavy atom. The molecule has 0 aliphatic carbocycles. The highest BCUT2D eigenvalue weighted by Crippen LogP contribution is 2.20. The molecular weight excluding hydrogens is 376 g/mol. The normalized spacial score (nSPS) is 11.6. The molecule has 1 N–H and O–H groups in total. The van der Waals surface area contributed by atoms with E-state index in [0.717, 1.165) is 16.8 Å². The van der Waals surface area contributed by atoms with Crippen LogP contribution in [0.3, 0.4) is 0 Å². The van der Waals surface area contributed by atoms with Gasteiger partial charge in [0, 0.05) is 6.07 Å². The Morgan fingerprint density at radius 3 is 2.85 bits per heavy atom. The Hall–Kier alpha value is -2.95. The monoisotopic (exact) mass is 386 g/mol. The summed E-state index contributed by atoms with van der Waals surface area (Å²) in [5.41, 5.74) is 0. The zero-order valence-corrected chi connectivity index (χ0v) is 13.6. The van der Waals surface area contributed by atoms with E-state index in [1.807, 2.05) is 0 Å². The number of hydrogen-bond donors (Lipinski definition) is 1. The van der Waals surface area contributed by atoms with Crippen molar-refractivity contribution in [2.24, 2.45) is 5.10 Å². The largest absolute Gasteiger partial charge is 0.483 e. The van der Waals surface area contributed by atoms with E-state index < -0.39 is 23.9 Å². The van der Waals surface area contributed by atoms with Crippen LogP contribution in [0.2, 0.25) is 0 Å². The van der Waals surface area contributed by atoms with Crippen LogP contribution < -0.4 is 4.74 Å². The van der Waals surface area contributed by atoms with E-state index in [0.29, 0.717) is 11.8 Å². The number of halogens is 4. The molecule has 0 fully saturated rings. The number of furan rings is 1. The molecule has 136 valence electrons. The topological polar surface area (TPSA) is 68.3 Å². The number of benzene rings is 1. The molecule has 0 aliphatic rings. The van der Waals surface area contributed by atoms with E-state index in [1.165, 1.54) is 18.3 Å². The minimum Gasteiger partial charge on any atom is -0.483 e. The van der Waals surface area contributed by atoms with Gasteiger partial charge in [-0.25, -0.2) is 22.7 Å². The molecule has 0 radical (unpaired) electrons. The van der Waals surface area contributed by atoms with E-state index in [4.69, 9.17) is 21.4 Å². The summed E-state index contributed by atoms with van der Waals surface area (Å²) in [6.45, 7) is -0.121. The third kappa shape index (κ3) is 3.99. The standard InChI is InChI=1S/C15H10F4N4O2S/c16-8-1-4-12(11(17)5-8)24-7-10-3-2-9(25-10)6-20-23-14(13(18)19)21-22-15(23)26/h1-6,13H,7H2,(H,22,26)/b20-6+. The van der Waals surface area contributed by atoms with Crippen molar-refractivity contribution in [2.45, 2.75) is 13.0 Å². The second kappa shape index (κ2) is 7.52. The lowest BCUT2D eigenvalue weighted by atomic mass is 10.3. The van der Waals surface area contributed by atoms with Crippen molar-refractivity contribution in [3.63, 3.8) is 0 Å². The highest BCUT2D eigenvalue weighted by atomic mass is 32.1. The predicted octanol–water partition coefficient (Wildman–Crippen LogP) is 4.21. The average molecular weight is 386 g/mol. The Balaban J connectivity index is 1.68. The number of ether oxygens (including phenoxy) is 1. The van der Waals surface area contributed by atoms with E-state index >= 15 is 0 Å². The van der Waals surface area contributed by atoms with Crippen molar-refractivity contribution < 1.29 is 26.7 Å². The van der Waals surface area contributed by atoms with Crippen LogP contribution in [0.25, 0.3) is 0 Å². The first-order valence-electron chi connectivity index (χ1n) is 7.10. The van der Waals surface area contributed by atoms with Crippen LogP contribution in [0.5, 0.6) is 5.75 Å². The lowest BCUT2D eigenvalue weighted by molar-refractivity contribution is 0.136. The number of H-pyrrole nitrogens is 1. The zero-order valence-electron chi connectivity index (χ0n) is 12.8. The van der Waals surface area contributed by atoms with Gasteiger partial charge in [0.15, 0.2) is 11.6 Å². The number of rotatable bonds is 6. The predicted molar refractivity (Wildman–Crippen MR) is 84.8 cm³/mol. The molecule has 3 aromatic rings. The third-order valence-corrected chi connectivity index (χ3v) is 3.38. The van der Waals surface area contributed by atoms with Gasteiger partial charge in [0.25, 0.3) is 6.43 Å². The fourth-order valence-electron chi connectivity index (χ4n) is 1.95. The third-order valence-electron chi connectivity index (χ3n) is 3.12. The van der Waals surface area contributed by atoms with E-state index in [-0.39, 0.29) is 22.9 Å². The molecular formula is C15H10F4N4O2S. The molecule has 3 rings (SSSR count). The van der Waals surface area contributed by atoms with E-state index in [2.05, 4.69) is 15.3 Å². The van der Waals surface area contributed by atoms with Crippen molar-refractivity contribution in [1.29, 1.82) is 0 Å². The van der Waals surface area contributed by atoms with Gasteiger partial charge in [-0.15, -0.1) is 0 Å². The summed E-state index contributed by atoms with van der Waals surface area (Å²) in [4.78, 5) is 0. The fraction of sp³-hybridized carbons (Fsp3) is 0.133. The summed E-state index contributed by atoms with van der Waals surface area (Å²) in [6, 6.07) is 5.96. The van der Waals surface area contributed by atoms with Crippen LogP contribution in [0, 0.1) is 16.4 Å². The molecule has 0 aliphatic heterocycles. The number of alkyl halides is 2. The highest BCUT2D eigenvalue weighted by Gasteiger charge is 2.16. The Labute approximate surface area is 148 Å². The molecule has 6 nitrogen and oxygen atoms in total. The van der Waals surface area contributed by atoms with Gasteiger partial charge in [-0.2, -0.15) is 14.9 Å². The first-order valence-corrected chi connectivity index (χ1v) is 7.51. The van der Waals surface area contributed by atoms with Crippen LogP contribution in [0.1, 0.15) is 23.8 Å². The lowest BCUT2D eigenvalue weighted by Gasteiger charge is -2.05. The molecule has 2 aromatic heterocycles. The van der Waals surface area contributed by atoms with Gasteiger partial charge in [0.1, 0.15) is 23.9 Å². The first kappa shape index (κ1) is 17.9. The average Bonchev–Trinajstić information content (AvgIpc) is 3.18. The second-order valence-electron chi connectivity index (χ2n) is 4.91. The number of aromatic nitrogens is 3. The van der Waals surface area contributed by atoms with E-state index in [1.54, 1.807) is 0 Å². The SMILES string of the molecule is Fc1ccc(OCc2ccc(/C=N/n3c(C(F)F)n[nH]c3=S)o2)c(F)c1. The van der Waals surface area contributed by atoms with Gasteiger partial charge in [-0.05, 0) is 36.5 Å². The van der Waals surface area contributed by atoms with Gasteiger partial charge in [-0.1, -0.05) is 0 Å². The molecule has 0 amide bonds. The highest BCUT2D eigenvalue weighted by molar-refractivity contribution is 7.71. The maximum absolute atomic E-state index is 13.5. The first-order chi connectivity index (χ1) is 12.4. The number of aromatic amines is 1. The van der Waals surface area contributed by atoms with Gasteiger partial charge >= 0.3 is 0 Å². The quantitative estimate of drug-likeness (QED) is 0.392. The summed E-state index contributed by atoms with van der Waals surface area (Å²) in [6.07, 6.45) is -1.69. The number of hydrogen-bond acceptors (Lipinski definition) is 5. The van der Waals surface area contributed by atoms with Crippen molar-refractivity contribution in [1.82, 2.24) is 14.9 Å². The maximum Gasteiger partial charge on any atom is 0.299 e. The fourth-order valence-corrected chi connectivity index (χ4v) is 2.14. The summed E-state index contributed by atoms with van der Waals surface area (Å²) in [5, 5.41) is 9.39. The van der Waals surface area contributed by atoms with Crippen molar-refractivity contribution >= 4 is 18.4 Å². The van der Waals surface area contributed by atoms with Gasteiger partial charge in [0.2, 0.25) is 10.6 Å². The lowest BCUT2D eigenvalue weighted by Crippen LogP contribution is -1.99. The Bertz CT molecular complexity index is 996. The summed E-state index contributed by atoms with van der Waals surface area (Å²) in [5.74, 6) is -1.77. The molecule has 0 saturated carbocycles. The number of nitrogens with zero attached hydrogens (tertiary/aromatic N) is 3. The minimum absolute atomic E-state index is 0.0987. The summed E-state index contributed by atoms with van der Waals surface area (Å²) >= 11 is 4.81. The molecule has 0 saturated heterocycles. The van der Waals surface area contributed by atoms with Crippen LogP contribution in [-0.4, -0.2) is 21.1 Å². The van der Waals surface area contributed by atoms with Crippen LogP contribution >= 0.6 is 12.2 Å². The van der Waals surface area contributed by atoms with Crippen molar-refractivity contribution in [3.05, 3.63) is 64.1 Å². The van der Waals surface area contributed by atoms with Gasteiger partial charge in [0.05, 0.1) is 6.21 Å². The Morgan fingerprint density at radius 1 is 1.31 bits per heavy atom. The van der Waals surface area contributed by atoms with Crippen LogP contribution in [0.15, 0.2) is 39.9 Å². The second-order valence-corrected chi connectivity index (χ2v) is 5.30. The molecule has 0 atom stereocenters.